The minimum atomic E-state index is -0.486. The molecule has 2 saturated carbocycles. The number of methoxy groups -OCH3 is 2. The standard InChI is InChI=1S/C12H22O4.C12H20O4/c2*1-3-16-11(14)12(8-9-15-2)6-4-10(13)5-7-12/h10,13H,3-9H2,1-2H3;3-9H2,1-2H3/t10-,12-;. The highest BCUT2D eigenvalue weighted by Gasteiger charge is 2.43. The van der Waals surface area contributed by atoms with Crippen molar-refractivity contribution in [2.75, 3.05) is 40.6 Å². The monoisotopic (exact) mass is 458 g/mol. The van der Waals surface area contributed by atoms with Crippen molar-refractivity contribution in [2.45, 2.75) is 84.2 Å². The first-order chi connectivity index (χ1) is 15.3. The maximum Gasteiger partial charge on any atom is 0.312 e. The van der Waals surface area contributed by atoms with Crippen molar-refractivity contribution < 1.29 is 38.4 Å². The number of aliphatic hydroxyl groups is 1. The number of carbonyl (C=O) groups is 3. The summed E-state index contributed by atoms with van der Waals surface area (Å²) < 4.78 is 20.3. The van der Waals surface area contributed by atoms with Crippen LogP contribution < -0.4 is 0 Å². The molecule has 0 saturated heterocycles. The van der Waals surface area contributed by atoms with E-state index in [2.05, 4.69) is 0 Å². The Labute approximate surface area is 192 Å². The van der Waals surface area contributed by atoms with Crippen molar-refractivity contribution >= 4 is 17.7 Å². The van der Waals surface area contributed by atoms with E-state index in [0.717, 1.165) is 0 Å². The third kappa shape index (κ3) is 8.45. The fraction of sp³-hybridized carbons (Fsp3) is 0.875. The number of hydrogen-bond acceptors (Lipinski definition) is 8. The second-order valence-corrected chi connectivity index (χ2v) is 8.76. The Kier molecular flexibility index (Phi) is 13.0. The van der Waals surface area contributed by atoms with Gasteiger partial charge in [0.15, 0.2) is 0 Å². The average molecular weight is 459 g/mol. The number of hydrogen-bond donors (Lipinski definition) is 1. The van der Waals surface area contributed by atoms with Gasteiger partial charge in [0.05, 0.1) is 30.1 Å². The number of ether oxygens (including phenoxy) is 4. The third-order valence-corrected chi connectivity index (χ3v) is 6.66. The van der Waals surface area contributed by atoms with Crippen LogP contribution in [0, 0.1) is 10.8 Å². The molecule has 0 bridgehead atoms. The molecule has 0 spiro atoms. The maximum absolute atomic E-state index is 12.0. The van der Waals surface area contributed by atoms with Gasteiger partial charge in [0.25, 0.3) is 0 Å². The molecule has 2 fully saturated rings. The van der Waals surface area contributed by atoms with Crippen LogP contribution >= 0.6 is 0 Å². The Bertz CT molecular complexity index is 565. The molecular formula is C24H42O8. The molecule has 0 aromatic heterocycles. The maximum atomic E-state index is 12.0. The van der Waals surface area contributed by atoms with E-state index >= 15 is 0 Å². The van der Waals surface area contributed by atoms with Gasteiger partial charge in [-0.2, -0.15) is 0 Å². The fourth-order valence-corrected chi connectivity index (χ4v) is 4.44. The van der Waals surface area contributed by atoms with Gasteiger partial charge < -0.3 is 24.1 Å². The first kappa shape index (κ1) is 28.5. The number of aliphatic hydroxyl groups excluding tert-OH is 1. The summed E-state index contributed by atoms with van der Waals surface area (Å²) in [4.78, 5) is 35.1. The SMILES string of the molecule is CCOC(=O)C1(CCOC)CCC(=O)CC1.CCOC(=O)[C@]1(CCOC)CC[C@@H](O)CC1. The van der Waals surface area contributed by atoms with Gasteiger partial charge in [-0.25, -0.2) is 0 Å². The zero-order chi connectivity index (χ0) is 24.0. The van der Waals surface area contributed by atoms with Crippen LogP contribution in [-0.4, -0.2) is 69.6 Å². The second-order valence-electron chi connectivity index (χ2n) is 8.76. The third-order valence-electron chi connectivity index (χ3n) is 6.66. The predicted molar refractivity (Wildman–Crippen MR) is 119 cm³/mol. The highest BCUT2D eigenvalue weighted by molar-refractivity contribution is 5.84. The molecule has 8 heteroatoms. The predicted octanol–water partition coefficient (Wildman–Crippen LogP) is 3.22. The lowest BCUT2D eigenvalue weighted by Gasteiger charge is -2.36. The molecule has 0 radical (unpaired) electrons. The molecule has 8 nitrogen and oxygen atoms in total. The van der Waals surface area contributed by atoms with Crippen molar-refractivity contribution in [3.8, 4) is 0 Å². The van der Waals surface area contributed by atoms with Gasteiger partial charge in [0, 0.05) is 40.3 Å². The van der Waals surface area contributed by atoms with Crippen molar-refractivity contribution in [1.82, 2.24) is 0 Å². The molecule has 0 atom stereocenters. The largest absolute Gasteiger partial charge is 0.466 e. The first-order valence-electron chi connectivity index (χ1n) is 11.8. The summed E-state index contributed by atoms with van der Waals surface area (Å²) in [5.41, 5.74) is -0.912. The summed E-state index contributed by atoms with van der Waals surface area (Å²) in [5.74, 6) is -0.0455. The van der Waals surface area contributed by atoms with Gasteiger partial charge in [-0.15, -0.1) is 0 Å². The van der Waals surface area contributed by atoms with Gasteiger partial charge in [-0.3, -0.25) is 14.4 Å². The summed E-state index contributed by atoms with van der Waals surface area (Å²) in [6.45, 7) is 5.52. The van der Waals surface area contributed by atoms with Gasteiger partial charge in [0.1, 0.15) is 5.78 Å². The second kappa shape index (κ2) is 14.6. The lowest BCUT2D eigenvalue weighted by Crippen LogP contribution is -2.39. The number of carbonyl (C=O) groups excluding carboxylic acids is 3. The number of ketones is 1. The van der Waals surface area contributed by atoms with Crippen LogP contribution in [0.25, 0.3) is 0 Å². The van der Waals surface area contributed by atoms with E-state index in [9.17, 15) is 19.5 Å². The summed E-state index contributed by atoms with van der Waals surface area (Å²) in [6.07, 6.45) is 6.04. The van der Waals surface area contributed by atoms with Crippen LogP contribution in [0.1, 0.15) is 78.1 Å². The lowest BCUT2D eigenvalue weighted by atomic mass is 9.71. The molecule has 0 heterocycles. The molecule has 0 aliphatic heterocycles. The average Bonchev–Trinajstić information content (AvgIpc) is 2.79. The summed E-state index contributed by atoms with van der Waals surface area (Å²) in [6, 6.07) is 0. The van der Waals surface area contributed by atoms with Crippen LogP contribution in [-0.2, 0) is 33.3 Å². The number of Topliss-reactive ketones (excluding diaryl/α,β-unsaturated/α-hetero) is 1. The van der Waals surface area contributed by atoms with Crippen LogP contribution in [0.5, 0.6) is 0 Å². The fourth-order valence-electron chi connectivity index (χ4n) is 4.44. The van der Waals surface area contributed by atoms with E-state index in [1.807, 2.05) is 6.92 Å². The number of esters is 2. The van der Waals surface area contributed by atoms with E-state index in [0.29, 0.717) is 90.6 Å². The molecular weight excluding hydrogens is 416 g/mol. The molecule has 1 N–H and O–H groups in total. The highest BCUT2D eigenvalue weighted by Crippen LogP contribution is 2.41. The van der Waals surface area contributed by atoms with Gasteiger partial charge in [0.2, 0.25) is 0 Å². The summed E-state index contributed by atoms with van der Waals surface area (Å²) in [5, 5.41) is 9.50. The first-order valence-corrected chi connectivity index (χ1v) is 11.8. The van der Waals surface area contributed by atoms with E-state index in [1.54, 1.807) is 21.1 Å². The molecule has 0 aromatic carbocycles. The summed E-state index contributed by atoms with van der Waals surface area (Å²) in [7, 11) is 3.25. The molecule has 32 heavy (non-hydrogen) atoms. The topological polar surface area (TPSA) is 108 Å². The minimum absolute atomic E-state index is 0.126. The zero-order valence-electron chi connectivity index (χ0n) is 20.3. The van der Waals surface area contributed by atoms with Crippen LogP contribution in [0.15, 0.2) is 0 Å². The van der Waals surface area contributed by atoms with Crippen molar-refractivity contribution in [1.29, 1.82) is 0 Å². The molecule has 186 valence electrons. The quantitative estimate of drug-likeness (QED) is 0.497. The molecule has 0 amide bonds. The summed E-state index contributed by atoms with van der Waals surface area (Å²) >= 11 is 0. The molecule has 0 unspecified atom stereocenters. The van der Waals surface area contributed by atoms with Gasteiger partial charge >= 0.3 is 11.9 Å². The number of rotatable bonds is 10. The Morgan fingerprint density at radius 2 is 1.25 bits per heavy atom. The van der Waals surface area contributed by atoms with E-state index < -0.39 is 10.8 Å². The van der Waals surface area contributed by atoms with E-state index in [1.165, 1.54) is 0 Å². The Morgan fingerprint density at radius 3 is 1.62 bits per heavy atom. The van der Waals surface area contributed by atoms with E-state index in [4.69, 9.17) is 18.9 Å². The Hall–Kier alpha value is -1.51. The lowest BCUT2D eigenvalue weighted by molar-refractivity contribution is -0.161. The van der Waals surface area contributed by atoms with Crippen LogP contribution in [0.3, 0.4) is 0 Å². The molecule has 2 rings (SSSR count). The normalized spacial score (nSPS) is 24.8. The zero-order valence-corrected chi connectivity index (χ0v) is 20.3. The Balaban J connectivity index is 0.000000320. The van der Waals surface area contributed by atoms with Crippen molar-refractivity contribution in [3.05, 3.63) is 0 Å². The molecule has 0 aromatic rings. The molecule has 2 aliphatic carbocycles. The minimum Gasteiger partial charge on any atom is -0.466 e. The molecule has 2 aliphatic rings. The van der Waals surface area contributed by atoms with Crippen molar-refractivity contribution in [2.24, 2.45) is 10.8 Å². The highest BCUT2D eigenvalue weighted by atomic mass is 16.5. The van der Waals surface area contributed by atoms with Crippen LogP contribution in [0.4, 0.5) is 0 Å². The van der Waals surface area contributed by atoms with Gasteiger partial charge in [-0.1, -0.05) is 0 Å². The smallest absolute Gasteiger partial charge is 0.312 e. The van der Waals surface area contributed by atoms with E-state index in [-0.39, 0.29) is 23.8 Å². The van der Waals surface area contributed by atoms with Crippen LogP contribution in [0.2, 0.25) is 0 Å². The van der Waals surface area contributed by atoms with Gasteiger partial charge in [-0.05, 0) is 65.2 Å². The Morgan fingerprint density at radius 1 is 0.844 bits per heavy atom. The van der Waals surface area contributed by atoms with Crippen molar-refractivity contribution in [3.63, 3.8) is 0 Å².